The standard InChI is InChI=1S/C18H31NS/c1-6-12-19-18(16(5)20-13-11-14(2)3)17-9-7-15(4)8-10-17/h7-10,14,16,18-19H,6,11-13H2,1-5H3. The maximum Gasteiger partial charge on any atom is 0.0437 e. The highest BCUT2D eigenvalue weighted by Crippen LogP contribution is 2.28. The molecule has 0 aliphatic carbocycles. The fraction of sp³-hybridized carbons (Fsp3) is 0.667. The lowest BCUT2D eigenvalue weighted by Crippen LogP contribution is -2.29. The zero-order valence-corrected chi connectivity index (χ0v) is 14.6. The first-order chi connectivity index (χ1) is 9.54. The molecule has 0 aromatic heterocycles. The molecule has 0 spiro atoms. The first-order valence-electron chi connectivity index (χ1n) is 7.96. The average Bonchev–Trinajstić information content (AvgIpc) is 2.40. The molecule has 1 nitrogen and oxygen atoms in total. The molecule has 0 amide bonds. The Morgan fingerprint density at radius 1 is 1.10 bits per heavy atom. The summed E-state index contributed by atoms with van der Waals surface area (Å²) in [6.45, 7) is 12.4. The Hall–Kier alpha value is -0.470. The van der Waals surface area contributed by atoms with Gasteiger partial charge in [-0.2, -0.15) is 11.8 Å². The van der Waals surface area contributed by atoms with Crippen molar-refractivity contribution in [1.82, 2.24) is 5.32 Å². The molecular weight excluding hydrogens is 262 g/mol. The number of benzene rings is 1. The van der Waals surface area contributed by atoms with Gasteiger partial charge in [-0.1, -0.05) is 57.5 Å². The molecule has 114 valence electrons. The Balaban J connectivity index is 2.64. The number of hydrogen-bond acceptors (Lipinski definition) is 2. The predicted molar refractivity (Wildman–Crippen MR) is 93.6 cm³/mol. The smallest absolute Gasteiger partial charge is 0.0437 e. The zero-order valence-electron chi connectivity index (χ0n) is 13.8. The van der Waals surface area contributed by atoms with Crippen molar-refractivity contribution >= 4 is 11.8 Å². The molecule has 2 unspecified atom stereocenters. The molecule has 2 heteroatoms. The van der Waals surface area contributed by atoms with Gasteiger partial charge in [-0.25, -0.2) is 0 Å². The number of aryl methyl sites for hydroxylation is 1. The normalized spacial score (nSPS) is 14.5. The summed E-state index contributed by atoms with van der Waals surface area (Å²) in [5.74, 6) is 2.06. The maximum absolute atomic E-state index is 3.72. The number of hydrogen-bond donors (Lipinski definition) is 1. The van der Waals surface area contributed by atoms with Crippen LogP contribution < -0.4 is 5.32 Å². The van der Waals surface area contributed by atoms with E-state index in [4.69, 9.17) is 0 Å². The zero-order chi connectivity index (χ0) is 15.0. The van der Waals surface area contributed by atoms with Crippen molar-refractivity contribution in [2.75, 3.05) is 12.3 Å². The van der Waals surface area contributed by atoms with Gasteiger partial charge in [-0.15, -0.1) is 0 Å². The molecule has 0 bridgehead atoms. The summed E-state index contributed by atoms with van der Waals surface area (Å²) in [5.41, 5.74) is 2.76. The maximum atomic E-state index is 3.72. The van der Waals surface area contributed by atoms with Gasteiger partial charge in [0.05, 0.1) is 0 Å². The highest BCUT2D eigenvalue weighted by atomic mass is 32.2. The van der Waals surface area contributed by atoms with Gasteiger partial charge in [-0.3, -0.25) is 0 Å². The third-order valence-corrected chi connectivity index (χ3v) is 4.87. The number of nitrogens with one attached hydrogen (secondary N) is 1. The second kappa shape index (κ2) is 9.46. The van der Waals surface area contributed by atoms with Crippen molar-refractivity contribution in [3.8, 4) is 0 Å². The van der Waals surface area contributed by atoms with Crippen molar-refractivity contribution in [3.63, 3.8) is 0 Å². The van der Waals surface area contributed by atoms with E-state index >= 15 is 0 Å². The van der Waals surface area contributed by atoms with Gasteiger partial charge in [0, 0.05) is 11.3 Å². The van der Waals surface area contributed by atoms with Crippen LogP contribution in [0.2, 0.25) is 0 Å². The molecule has 0 aliphatic heterocycles. The minimum atomic E-state index is 0.465. The molecule has 1 aromatic rings. The molecule has 1 rings (SSSR count). The molecule has 2 atom stereocenters. The van der Waals surface area contributed by atoms with Crippen molar-refractivity contribution < 1.29 is 0 Å². The van der Waals surface area contributed by atoms with E-state index in [0.29, 0.717) is 11.3 Å². The lowest BCUT2D eigenvalue weighted by Gasteiger charge is -2.26. The second-order valence-electron chi connectivity index (χ2n) is 6.10. The number of rotatable bonds is 9. The largest absolute Gasteiger partial charge is 0.309 e. The Bertz CT molecular complexity index is 358. The van der Waals surface area contributed by atoms with Crippen molar-refractivity contribution in [2.45, 2.75) is 58.8 Å². The van der Waals surface area contributed by atoms with Crippen LogP contribution in [0, 0.1) is 12.8 Å². The van der Waals surface area contributed by atoms with Gasteiger partial charge in [0.2, 0.25) is 0 Å². The number of thioether (sulfide) groups is 1. The quantitative estimate of drug-likeness (QED) is 0.671. The Labute approximate surface area is 129 Å². The summed E-state index contributed by atoms with van der Waals surface area (Å²) in [6.07, 6.45) is 2.50. The van der Waals surface area contributed by atoms with Crippen LogP contribution in [0.3, 0.4) is 0 Å². The molecular formula is C18H31NS. The van der Waals surface area contributed by atoms with Crippen LogP contribution in [-0.4, -0.2) is 17.5 Å². The molecule has 0 saturated carbocycles. The van der Waals surface area contributed by atoms with Crippen LogP contribution in [0.15, 0.2) is 24.3 Å². The summed E-state index contributed by atoms with van der Waals surface area (Å²) >= 11 is 2.10. The molecule has 20 heavy (non-hydrogen) atoms. The van der Waals surface area contributed by atoms with Crippen molar-refractivity contribution in [1.29, 1.82) is 0 Å². The van der Waals surface area contributed by atoms with Crippen LogP contribution in [0.1, 0.15) is 57.7 Å². The summed E-state index contributed by atoms with van der Waals surface area (Å²) in [6, 6.07) is 9.47. The van der Waals surface area contributed by atoms with E-state index in [0.717, 1.165) is 12.5 Å². The van der Waals surface area contributed by atoms with Crippen LogP contribution in [0.5, 0.6) is 0 Å². The monoisotopic (exact) mass is 293 g/mol. The van der Waals surface area contributed by atoms with E-state index in [-0.39, 0.29) is 0 Å². The molecule has 0 heterocycles. The minimum absolute atomic E-state index is 0.465. The van der Waals surface area contributed by atoms with E-state index in [9.17, 15) is 0 Å². The molecule has 0 radical (unpaired) electrons. The fourth-order valence-electron chi connectivity index (χ4n) is 2.21. The second-order valence-corrected chi connectivity index (χ2v) is 7.59. The molecule has 0 saturated heterocycles. The van der Waals surface area contributed by atoms with E-state index in [1.165, 1.54) is 29.7 Å². The third-order valence-electron chi connectivity index (χ3n) is 3.60. The van der Waals surface area contributed by atoms with E-state index in [2.05, 4.69) is 76.0 Å². The lowest BCUT2D eigenvalue weighted by molar-refractivity contribution is 0.527. The summed E-state index contributed by atoms with van der Waals surface area (Å²) in [5, 5.41) is 4.34. The van der Waals surface area contributed by atoms with Gasteiger partial charge >= 0.3 is 0 Å². The molecule has 1 N–H and O–H groups in total. The molecule has 0 fully saturated rings. The van der Waals surface area contributed by atoms with E-state index in [1.54, 1.807) is 0 Å². The van der Waals surface area contributed by atoms with Crippen molar-refractivity contribution in [2.24, 2.45) is 5.92 Å². The molecule has 1 aromatic carbocycles. The van der Waals surface area contributed by atoms with Gasteiger partial charge in [0.1, 0.15) is 0 Å². The Morgan fingerprint density at radius 2 is 1.75 bits per heavy atom. The first kappa shape index (κ1) is 17.6. The highest BCUT2D eigenvalue weighted by Gasteiger charge is 2.18. The lowest BCUT2D eigenvalue weighted by atomic mass is 10.0. The van der Waals surface area contributed by atoms with Crippen LogP contribution >= 0.6 is 11.8 Å². The van der Waals surface area contributed by atoms with E-state index < -0.39 is 0 Å². The van der Waals surface area contributed by atoms with Crippen molar-refractivity contribution in [3.05, 3.63) is 35.4 Å². The van der Waals surface area contributed by atoms with Crippen LogP contribution in [0.25, 0.3) is 0 Å². The van der Waals surface area contributed by atoms with E-state index in [1.807, 2.05) is 0 Å². The minimum Gasteiger partial charge on any atom is -0.309 e. The average molecular weight is 294 g/mol. The van der Waals surface area contributed by atoms with Gasteiger partial charge in [-0.05, 0) is 43.5 Å². The van der Waals surface area contributed by atoms with Crippen LogP contribution in [0.4, 0.5) is 0 Å². The fourth-order valence-corrected chi connectivity index (χ4v) is 3.64. The Kier molecular flexibility index (Phi) is 8.32. The summed E-state index contributed by atoms with van der Waals surface area (Å²) in [4.78, 5) is 0. The Morgan fingerprint density at radius 3 is 2.30 bits per heavy atom. The summed E-state index contributed by atoms with van der Waals surface area (Å²) in [7, 11) is 0. The third kappa shape index (κ3) is 6.32. The van der Waals surface area contributed by atoms with Crippen LogP contribution in [-0.2, 0) is 0 Å². The SMILES string of the molecule is CCCNC(c1ccc(C)cc1)C(C)SCCC(C)C. The summed E-state index contributed by atoms with van der Waals surface area (Å²) < 4.78 is 0. The topological polar surface area (TPSA) is 12.0 Å². The first-order valence-corrected chi connectivity index (χ1v) is 9.01. The van der Waals surface area contributed by atoms with Gasteiger partial charge in [0.25, 0.3) is 0 Å². The van der Waals surface area contributed by atoms with Gasteiger partial charge < -0.3 is 5.32 Å². The molecule has 0 aliphatic rings. The van der Waals surface area contributed by atoms with Gasteiger partial charge in [0.15, 0.2) is 0 Å². The predicted octanol–water partition coefficient (Wildman–Crippen LogP) is 5.20. The highest BCUT2D eigenvalue weighted by molar-refractivity contribution is 7.99.